The number of nitrogens with one attached hydrogen (secondary N) is 1. The van der Waals surface area contributed by atoms with Crippen LogP contribution in [0.1, 0.15) is 6.42 Å². The number of hydrogen-bond donors (Lipinski definition) is 2. The van der Waals surface area contributed by atoms with Gasteiger partial charge in [0.15, 0.2) is 0 Å². The monoisotopic (exact) mass is 249 g/mol. The minimum absolute atomic E-state index is 0.0952. The molecular weight excluding hydrogens is 230 g/mol. The Balaban J connectivity index is 1.97. The van der Waals surface area contributed by atoms with Crippen molar-refractivity contribution in [2.75, 3.05) is 38.5 Å². The molecule has 1 aromatic carbocycles. The summed E-state index contributed by atoms with van der Waals surface area (Å²) in [5, 5.41) is 12.4. The van der Waals surface area contributed by atoms with Crippen molar-refractivity contribution >= 4 is 11.7 Å². The molecule has 1 aliphatic heterocycles. The van der Waals surface area contributed by atoms with Crippen LogP contribution in [0.4, 0.5) is 10.5 Å². The Kier molecular flexibility index (Phi) is 4.04. The minimum atomic E-state index is -0.146. The normalized spacial score (nSPS) is 17.3. The molecule has 0 bridgehead atoms. The maximum Gasteiger partial charge on any atom is 0.321 e. The largest absolute Gasteiger partial charge is 0.506 e. The van der Waals surface area contributed by atoms with Crippen LogP contribution in [0.3, 0.4) is 0 Å². The Bertz CT molecular complexity index is 422. The number of phenols is 1. The highest BCUT2D eigenvalue weighted by atomic mass is 16.3. The third-order valence-electron chi connectivity index (χ3n) is 3.15. The fourth-order valence-electron chi connectivity index (χ4n) is 2.02. The Labute approximate surface area is 107 Å². The molecule has 1 heterocycles. The molecule has 0 unspecified atom stereocenters. The van der Waals surface area contributed by atoms with Crippen LogP contribution in [0.25, 0.3) is 0 Å². The quantitative estimate of drug-likeness (QED) is 0.743. The highest BCUT2D eigenvalue weighted by Gasteiger charge is 2.17. The Hall–Kier alpha value is -1.75. The average Bonchev–Trinajstić information content (AvgIpc) is 2.57. The Morgan fingerprint density at radius 3 is 2.78 bits per heavy atom. The second-order valence-electron chi connectivity index (χ2n) is 4.59. The molecular formula is C13H19N3O2. The molecule has 0 aromatic heterocycles. The van der Waals surface area contributed by atoms with E-state index in [0.29, 0.717) is 5.69 Å². The fourth-order valence-corrected chi connectivity index (χ4v) is 2.02. The number of urea groups is 1. The molecule has 2 rings (SSSR count). The third-order valence-corrected chi connectivity index (χ3v) is 3.15. The fraction of sp³-hybridized carbons (Fsp3) is 0.462. The lowest BCUT2D eigenvalue weighted by atomic mass is 10.3. The van der Waals surface area contributed by atoms with Gasteiger partial charge in [0, 0.05) is 19.6 Å². The number of carbonyl (C=O) groups is 1. The van der Waals surface area contributed by atoms with Gasteiger partial charge in [0.1, 0.15) is 5.75 Å². The molecule has 2 N–H and O–H groups in total. The predicted octanol–water partition coefficient (Wildman–Crippen LogP) is 1.56. The van der Waals surface area contributed by atoms with Crippen molar-refractivity contribution in [2.45, 2.75) is 6.42 Å². The first kappa shape index (κ1) is 12.7. The van der Waals surface area contributed by atoms with Crippen LogP contribution < -0.4 is 5.32 Å². The number of para-hydroxylation sites is 2. The first-order chi connectivity index (χ1) is 8.66. The number of amides is 2. The van der Waals surface area contributed by atoms with E-state index in [1.54, 1.807) is 29.2 Å². The number of likely N-dealkylation sites (N-methyl/N-ethyl adjacent to an activating group) is 1. The number of carbonyl (C=O) groups excluding carboxylic acids is 1. The summed E-state index contributed by atoms with van der Waals surface area (Å²) in [5.74, 6) is 0.0952. The van der Waals surface area contributed by atoms with Crippen LogP contribution in [-0.2, 0) is 0 Å². The molecule has 5 nitrogen and oxygen atoms in total. The number of rotatable bonds is 1. The molecule has 0 spiro atoms. The van der Waals surface area contributed by atoms with Crippen LogP contribution in [-0.4, -0.2) is 54.2 Å². The van der Waals surface area contributed by atoms with E-state index in [2.05, 4.69) is 17.3 Å². The zero-order valence-corrected chi connectivity index (χ0v) is 10.6. The van der Waals surface area contributed by atoms with Gasteiger partial charge in [-0.3, -0.25) is 0 Å². The van der Waals surface area contributed by atoms with Crippen LogP contribution >= 0.6 is 0 Å². The van der Waals surface area contributed by atoms with Crippen LogP contribution in [0, 0.1) is 0 Å². The molecule has 0 radical (unpaired) electrons. The highest BCUT2D eigenvalue weighted by molar-refractivity contribution is 5.90. The maximum absolute atomic E-state index is 12.1. The maximum atomic E-state index is 12.1. The SMILES string of the molecule is CN1CCCN(C(=O)Nc2ccccc2O)CC1. The lowest BCUT2D eigenvalue weighted by Gasteiger charge is -2.21. The van der Waals surface area contributed by atoms with E-state index in [0.717, 1.165) is 32.6 Å². The molecule has 2 amide bonds. The van der Waals surface area contributed by atoms with Gasteiger partial charge in [0.2, 0.25) is 0 Å². The number of anilines is 1. The first-order valence-corrected chi connectivity index (χ1v) is 6.19. The van der Waals surface area contributed by atoms with Gasteiger partial charge in [-0.1, -0.05) is 12.1 Å². The number of hydrogen-bond acceptors (Lipinski definition) is 3. The summed E-state index contributed by atoms with van der Waals surface area (Å²) in [4.78, 5) is 16.1. The van der Waals surface area contributed by atoms with Crippen LogP contribution in [0.5, 0.6) is 5.75 Å². The summed E-state index contributed by atoms with van der Waals surface area (Å²) in [5.41, 5.74) is 0.458. The zero-order chi connectivity index (χ0) is 13.0. The van der Waals surface area contributed by atoms with Crippen molar-refractivity contribution in [3.05, 3.63) is 24.3 Å². The summed E-state index contributed by atoms with van der Waals surface area (Å²) in [6, 6.07) is 6.62. The van der Waals surface area contributed by atoms with Crippen molar-refractivity contribution in [1.82, 2.24) is 9.80 Å². The van der Waals surface area contributed by atoms with Crippen molar-refractivity contribution in [3.8, 4) is 5.75 Å². The number of nitrogens with zero attached hydrogens (tertiary/aromatic N) is 2. The van der Waals surface area contributed by atoms with Crippen molar-refractivity contribution < 1.29 is 9.90 Å². The van der Waals surface area contributed by atoms with Gasteiger partial charge >= 0.3 is 6.03 Å². The Morgan fingerprint density at radius 2 is 2.00 bits per heavy atom. The third kappa shape index (κ3) is 3.13. The van der Waals surface area contributed by atoms with E-state index in [-0.39, 0.29) is 11.8 Å². The predicted molar refractivity (Wildman–Crippen MR) is 70.8 cm³/mol. The lowest BCUT2D eigenvalue weighted by molar-refractivity contribution is 0.213. The van der Waals surface area contributed by atoms with E-state index < -0.39 is 0 Å². The number of benzene rings is 1. The second kappa shape index (κ2) is 5.73. The van der Waals surface area contributed by atoms with E-state index in [9.17, 15) is 9.90 Å². The van der Waals surface area contributed by atoms with E-state index in [1.807, 2.05) is 0 Å². The molecule has 0 saturated carbocycles. The highest BCUT2D eigenvalue weighted by Crippen LogP contribution is 2.21. The number of phenolic OH excluding ortho intramolecular Hbond substituents is 1. The standard InChI is InChI=1S/C13H19N3O2/c1-15-7-4-8-16(10-9-15)13(18)14-11-5-2-3-6-12(11)17/h2-3,5-6,17H,4,7-10H2,1H3,(H,14,18). The smallest absolute Gasteiger partial charge is 0.321 e. The minimum Gasteiger partial charge on any atom is -0.506 e. The van der Waals surface area contributed by atoms with E-state index in [4.69, 9.17) is 0 Å². The van der Waals surface area contributed by atoms with Gasteiger partial charge in [-0.2, -0.15) is 0 Å². The van der Waals surface area contributed by atoms with Crippen LogP contribution in [0.2, 0.25) is 0 Å². The second-order valence-corrected chi connectivity index (χ2v) is 4.59. The summed E-state index contributed by atoms with van der Waals surface area (Å²) < 4.78 is 0. The molecule has 98 valence electrons. The first-order valence-electron chi connectivity index (χ1n) is 6.19. The van der Waals surface area contributed by atoms with Crippen molar-refractivity contribution in [3.63, 3.8) is 0 Å². The summed E-state index contributed by atoms with van der Waals surface area (Å²) in [7, 11) is 2.06. The molecule has 1 saturated heterocycles. The Morgan fingerprint density at radius 1 is 1.22 bits per heavy atom. The van der Waals surface area contributed by atoms with Gasteiger partial charge < -0.3 is 20.2 Å². The number of aromatic hydroxyl groups is 1. The molecule has 1 aliphatic rings. The molecule has 1 fully saturated rings. The molecule has 1 aromatic rings. The van der Waals surface area contributed by atoms with Gasteiger partial charge in [-0.25, -0.2) is 4.79 Å². The van der Waals surface area contributed by atoms with Gasteiger partial charge in [-0.05, 0) is 32.1 Å². The van der Waals surface area contributed by atoms with Crippen molar-refractivity contribution in [1.29, 1.82) is 0 Å². The summed E-state index contributed by atoms with van der Waals surface area (Å²) in [6.07, 6.45) is 0.977. The summed E-state index contributed by atoms with van der Waals surface area (Å²) >= 11 is 0. The average molecular weight is 249 g/mol. The van der Waals surface area contributed by atoms with Gasteiger partial charge in [0.25, 0.3) is 0 Å². The van der Waals surface area contributed by atoms with Crippen LogP contribution in [0.15, 0.2) is 24.3 Å². The lowest BCUT2D eigenvalue weighted by Crippen LogP contribution is -2.37. The molecule has 0 atom stereocenters. The topological polar surface area (TPSA) is 55.8 Å². The summed E-state index contributed by atoms with van der Waals surface area (Å²) in [6.45, 7) is 3.37. The van der Waals surface area contributed by atoms with Gasteiger partial charge in [-0.15, -0.1) is 0 Å². The van der Waals surface area contributed by atoms with Crippen molar-refractivity contribution in [2.24, 2.45) is 0 Å². The van der Waals surface area contributed by atoms with E-state index >= 15 is 0 Å². The van der Waals surface area contributed by atoms with Gasteiger partial charge in [0.05, 0.1) is 5.69 Å². The molecule has 5 heteroatoms. The zero-order valence-electron chi connectivity index (χ0n) is 10.6. The molecule has 18 heavy (non-hydrogen) atoms. The van der Waals surface area contributed by atoms with E-state index in [1.165, 1.54) is 0 Å². The molecule has 0 aliphatic carbocycles.